The van der Waals surface area contributed by atoms with E-state index >= 15 is 0 Å². The molecule has 1 N–H and O–H groups in total. The summed E-state index contributed by atoms with van der Waals surface area (Å²) in [4.78, 5) is 0. The van der Waals surface area contributed by atoms with Crippen molar-refractivity contribution in [2.24, 2.45) is 5.92 Å². The van der Waals surface area contributed by atoms with Crippen LogP contribution in [-0.2, 0) is 9.47 Å². The summed E-state index contributed by atoms with van der Waals surface area (Å²) in [6.07, 6.45) is 1.19. The summed E-state index contributed by atoms with van der Waals surface area (Å²) in [5.74, 6) is 0.901. The lowest BCUT2D eigenvalue weighted by Crippen LogP contribution is -2.20. The lowest BCUT2D eigenvalue weighted by atomic mass is 10.1. The van der Waals surface area contributed by atoms with Gasteiger partial charge in [-0.05, 0) is 23.8 Å². The Balaban J connectivity index is 1.53. The van der Waals surface area contributed by atoms with E-state index in [0.29, 0.717) is 31.5 Å². The molecular formula is C14H18O3. The van der Waals surface area contributed by atoms with E-state index in [9.17, 15) is 5.11 Å². The molecular weight excluding hydrogens is 216 g/mol. The maximum absolute atomic E-state index is 10.1. The van der Waals surface area contributed by atoms with Crippen molar-refractivity contribution < 1.29 is 14.6 Å². The van der Waals surface area contributed by atoms with Crippen molar-refractivity contribution >= 4 is 0 Å². The van der Waals surface area contributed by atoms with Crippen LogP contribution in [0, 0.1) is 5.92 Å². The monoisotopic (exact) mass is 234 g/mol. The van der Waals surface area contributed by atoms with Crippen molar-refractivity contribution in [2.75, 3.05) is 13.2 Å². The van der Waals surface area contributed by atoms with Gasteiger partial charge in [0.15, 0.2) is 6.29 Å². The molecule has 17 heavy (non-hydrogen) atoms. The largest absolute Gasteiger partial charge is 0.393 e. The Morgan fingerprint density at radius 3 is 2.59 bits per heavy atom. The molecule has 2 fully saturated rings. The number of rotatable bonds is 4. The third kappa shape index (κ3) is 2.51. The van der Waals surface area contributed by atoms with Gasteiger partial charge in [-0.15, -0.1) is 0 Å². The Hall–Kier alpha value is -0.900. The fourth-order valence-corrected chi connectivity index (χ4v) is 2.64. The van der Waals surface area contributed by atoms with Gasteiger partial charge in [-0.2, -0.15) is 0 Å². The first-order chi connectivity index (χ1) is 8.34. The van der Waals surface area contributed by atoms with Crippen LogP contribution in [0.2, 0.25) is 0 Å². The van der Waals surface area contributed by atoms with Gasteiger partial charge < -0.3 is 14.6 Å². The van der Waals surface area contributed by atoms with E-state index in [1.54, 1.807) is 0 Å². The van der Waals surface area contributed by atoms with Gasteiger partial charge in [0.25, 0.3) is 0 Å². The minimum absolute atomic E-state index is 0.193. The molecule has 1 saturated carbocycles. The van der Waals surface area contributed by atoms with Gasteiger partial charge in [0.1, 0.15) is 0 Å². The van der Waals surface area contributed by atoms with Crippen molar-refractivity contribution in [2.45, 2.75) is 31.2 Å². The summed E-state index contributed by atoms with van der Waals surface area (Å²) >= 11 is 0. The van der Waals surface area contributed by atoms with Gasteiger partial charge in [0.05, 0.1) is 19.3 Å². The van der Waals surface area contributed by atoms with E-state index in [2.05, 4.69) is 24.3 Å². The molecule has 3 nitrogen and oxygen atoms in total. The summed E-state index contributed by atoms with van der Waals surface area (Å²) in [6, 6.07) is 10.4. The van der Waals surface area contributed by atoms with E-state index < -0.39 is 0 Å². The van der Waals surface area contributed by atoms with Crippen LogP contribution in [0.4, 0.5) is 0 Å². The van der Waals surface area contributed by atoms with Gasteiger partial charge >= 0.3 is 0 Å². The highest BCUT2D eigenvalue weighted by atomic mass is 16.7. The van der Waals surface area contributed by atoms with Crippen LogP contribution in [0.15, 0.2) is 30.3 Å². The topological polar surface area (TPSA) is 38.7 Å². The predicted molar refractivity (Wildman–Crippen MR) is 63.6 cm³/mol. The minimum Gasteiger partial charge on any atom is -0.393 e. The van der Waals surface area contributed by atoms with E-state index in [0.717, 1.165) is 6.42 Å². The second-order valence-corrected chi connectivity index (χ2v) is 4.89. The zero-order valence-electron chi connectivity index (χ0n) is 9.79. The Bertz CT molecular complexity index is 359. The van der Waals surface area contributed by atoms with E-state index in [1.165, 1.54) is 5.56 Å². The predicted octanol–water partition coefficient (Wildman–Crippen LogP) is 1.91. The molecule has 0 aromatic heterocycles. The highest BCUT2D eigenvalue weighted by Gasteiger charge is 2.44. The molecule has 3 rings (SSSR count). The van der Waals surface area contributed by atoms with Crippen LogP contribution in [0.3, 0.4) is 0 Å². The van der Waals surface area contributed by atoms with Crippen molar-refractivity contribution in [3.63, 3.8) is 0 Å². The van der Waals surface area contributed by atoms with Crippen LogP contribution < -0.4 is 0 Å². The second-order valence-electron chi connectivity index (χ2n) is 4.89. The number of benzene rings is 1. The summed E-state index contributed by atoms with van der Waals surface area (Å²) in [5.41, 5.74) is 1.34. The highest BCUT2D eigenvalue weighted by Crippen LogP contribution is 2.50. The van der Waals surface area contributed by atoms with Crippen LogP contribution in [0.5, 0.6) is 0 Å². The van der Waals surface area contributed by atoms with Crippen molar-refractivity contribution in [3.8, 4) is 0 Å². The zero-order valence-corrected chi connectivity index (χ0v) is 9.79. The highest BCUT2D eigenvalue weighted by molar-refractivity contribution is 5.26. The van der Waals surface area contributed by atoms with E-state index in [-0.39, 0.29) is 12.4 Å². The van der Waals surface area contributed by atoms with Gasteiger partial charge in [-0.3, -0.25) is 0 Å². The van der Waals surface area contributed by atoms with Crippen LogP contribution in [-0.4, -0.2) is 30.7 Å². The van der Waals surface area contributed by atoms with Crippen LogP contribution in [0.25, 0.3) is 0 Å². The molecule has 1 saturated heterocycles. The summed E-state index contributed by atoms with van der Waals surface area (Å²) in [6.45, 7) is 1.31. The van der Waals surface area contributed by atoms with Gasteiger partial charge in [0, 0.05) is 6.42 Å². The quantitative estimate of drug-likeness (QED) is 0.865. The normalized spacial score (nSPS) is 30.4. The molecule has 3 atom stereocenters. The molecule has 0 spiro atoms. The van der Waals surface area contributed by atoms with Crippen molar-refractivity contribution in [1.29, 1.82) is 0 Å². The Morgan fingerprint density at radius 2 is 1.88 bits per heavy atom. The molecule has 1 heterocycles. The molecule has 0 radical (unpaired) electrons. The first kappa shape index (κ1) is 11.2. The molecule has 3 heteroatoms. The first-order valence-electron chi connectivity index (χ1n) is 6.31. The Morgan fingerprint density at radius 1 is 1.18 bits per heavy atom. The summed E-state index contributed by atoms with van der Waals surface area (Å²) in [7, 11) is 0. The third-order valence-electron chi connectivity index (χ3n) is 3.69. The molecule has 1 aliphatic carbocycles. The number of aliphatic hydroxyl groups excluding tert-OH is 1. The lowest BCUT2D eigenvalue weighted by Gasteiger charge is -2.14. The lowest BCUT2D eigenvalue weighted by molar-refractivity contribution is -0.0734. The van der Waals surface area contributed by atoms with Crippen LogP contribution in [0.1, 0.15) is 24.3 Å². The maximum Gasteiger partial charge on any atom is 0.160 e. The molecule has 1 aromatic carbocycles. The van der Waals surface area contributed by atoms with E-state index in [4.69, 9.17) is 9.47 Å². The Labute approximate surface area is 101 Å². The molecule has 0 bridgehead atoms. The van der Waals surface area contributed by atoms with Crippen molar-refractivity contribution in [3.05, 3.63) is 35.9 Å². The molecule has 92 valence electrons. The molecule has 1 aliphatic heterocycles. The summed E-state index contributed by atoms with van der Waals surface area (Å²) < 4.78 is 10.7. The fraction of sp³-hybridized carbons (Fsp3) is 0.571. The number of aliphatic hydroxyl groups is 1. The Kier molecular flexibility index (Phi) is 3.14. The second kappa shape index (κ2) is 4.77. The molecule has 2 aliphatic rings. The van der Waals surface area contributed by atoms with E-state index in [1.807, 2.05) is 6.07 Å². The smallest absolute Gasteiger partial charge is 0.160 e. The first-order valence-corrected chi connectivity index (χ1v) is 6.31. The molecule has 0 amide bonds. The molecule has 1 aromatic rings. The summed E-state index contributed by atoms with van der Waals surface area (Å²) in [5, 5.41) is 10.1. The standard InChI is InChI=1S/C14H18O3/c15-13(9-14-16-6-7-17-14)12-8-11(12)10-4-2-1-3-5-10/h1-5,11-15H,6-9H2. The van der Waals surface area contributed by atoms with Crippen molar-refractivity contribution in [1.82, 2.24) is 0 Å². The zero-order chi connectivity index (χ0) is 11.7. The minimum atomic E-state index is -0.302. The van der Waals surface area contributed by atoms with Gasteiger partial charge in [0.2, 0.25) is 0 Å². The van der Waals surface area contributed by atoms with Crippen LogP contribution >= 0.6 is 0 Å². The number of ether oxygens (including phenoxy) is 2. The van der Waals surface area contributed by atoms with Gasteiger partial charge in [-0.25, -0.2) is 0 Å². The SMILES string of the molecule is OC(CC1OCCO1)C1CC1c1ccccc1. The number of hydrogen-bond acceptors (Lipinski definition) is 3. The van der Waals surface area contributed by atoms with Gasteiger partial charge in [-0.1, -0.05) is 30.3 Å². The average Bonchev–Trinajstić information content (AvgIpc) is 3.02. The maximum atomic E-state index is 10.1. The molecule has 3 unspecified atom stereocenters. The average molecular weight is 234 g/mol. The fourth-order valence-electron chi connectivity index (χ4n) is 2.64. The number of hydrogen-bond donors (Lipinski definition) is 1. The third-order valence-corrected chi connectivity index (χ3v) is 3.69.